The molecular formula is C27H47O7+. The average Bonchev–Trinajstić information content (AvgIpc) is 3.00. The molecule has 7 heteroatoms. The molecule has 34 heavy (non-hydrogen) atoms. The summed E-state index contributed by atoms with van der Waals surface area (Å²) < 4.78 is 0. The van der Waals surface area contributed by atoms with E-state index in [1.807, 2.05) is 13.0 Å². The van der Waals surface area contributed by atoms with Gasteiger partial charge in [-0.3, -0.25) is 0 Å². The van der Waals surface area contributed by atoms with Crippen LogP contribution < -0.4 is 0 Å². The van der Waals surface area contributed by atoms with E-state index in [0.717, 1.165) is 12.0 Å². The maximum atomic E-state index is 12.3. The summed E-state index contributed by atoms with van der Waals surface area (Å²) in [4.78, 5) is 0. The van der Waals surface area contributed by atoms with E-state index < -0.39 is 52.0 Å². The third kappa shape index (κ3) is 3.82. The molecular weight excluding hydrogens is 436 g/mol. The number of aliphatic hydroxyl groups excluding tert-OH is 3. The van der Waals surface area contributed by atoms with E-state index in [0.29, 0.717) is 44.9 Å². The summed E-state index contributed by atoms with van der Waals surface area (Å²) in [7, 11) is 0. The molecule has 3 fully saturated rings. The molecule has 4 rings (SSSR count). The van der Waals surface area contributed by atoms with Crippen LogP contribution in [0.2, 0.25) is 0 Å². The lowest BCUT2D eigenvalue weighted by atomic mass is 9.45. The fraction of sp³-hybridized carbons (Fsp3) is 0.926. The van der Waals surface area contributed by atoms with Crippen LogP contribution in [0.15, 0.2) is 11.6 Å². The smallest absolute Gasteiger partial charge is 0.183 e. The molecule has 8 N–H and O–H groups in total. The predicted molar refractivity (Wildman–Crippen MR) is 129 cm³/mol. The van der Waals surface area contributed by atoms with Gasteiger partial charge < -0.3 is 35.7 Å². The molecule has 4 aliphatic rings. The van der Waals surface area contributed by atoms with Gasteiger partial charge >= 0.3 is 0 Å². The second-order valence-electron chi connectivity index (χ2n) is 13.4. The summed E-state index contributed by atoms with van der Waals surface area (Å²) >= 11 is 0. The van der Waals surface area contributed by atoms with Crippen LogP contribution >= 0.6 is 0 Å². The highest BCUT2D eigenvalue weighted by Crippen LogP contribution is 2.69. The van der Waals surface area contributed by atoms with E-state index in [1.165, 1.54) is 0 Å². The molecule has 0 bridgehead atoms. The third-order valence-corrected chi connectivity index (χ3v) is 10.8. The standard InChI is InChI=1S/C27H46O7/c1-23(2,32)9-8-22(31)26(5,33)21-7-11-27(34)16-12-18(28)17-13-19(29)20(30)14-24(17,3)15(16)6-10-25(21,27)4/h12,15,17-22,28-34H,6-11,13-14H2,1-5H3/p+1/t15?,17?,18?,19-,20?,21?,22?,24?,25?,26-,27?/m1/s1. The monoisotopic (exact) mass is 483 g/mol. The van der Waals surface area contributed by atoms with Crippen molar-refractivity contribution in [2.75, 3.05) is 0 Å². The van der Waals surface area contributed by atoms with E-state index in [1.54, 1.807) is 20.8 Å². The molecule has 196 valence electrons. The fourth-order valence-electron chi connectivity index (χ4n) is 8.55. The summed E-state index contributed by atoms with van der Waals surface area (Å²) in [5.74, 6) is -0.475. The Bertz CT molecular complexity index is 818. The Labute approximate surface area is 203 Å². The lowest BCUT2D eigenvalue weighted by molar-refractivity contribution is -0.181. The maximum absolute atomic E-state index is 12.3. The minimum Gasteiger partial charge on any atom is -0.441 e. The number of fused-ring (bicyclic) bond motifs is 5. The Balaban J connectivity index is 1.66. The van der Waals surface area contributed by atoms with Crippen LogP contribution in [0.25, 0.3) is 0 Å². The van der Waals surface area contributed by atoms with Gasteiger partial charge in [0.15, 0.2) is 6.10 Å². The molecule has 7 nitrogen and oxygen atoms in total. The van der Waals surface area contributed by atoms with E-state index >= 15 is 0 Å². The molecule has 0 saturated heterocycles. The normalized spacial score (nSPS) is 49.4. The first-order valence-electron chi connectivity index (χ1n) is 13.1. The number of rotatable bonds is 5. The van der Waals surface area contributed by atoms with Crippen LogP contribution in [-0.4, -0.2) is 77.0 Å². The SMILES string of the molecule is CC(C)(O)CCC([OH2+])[C@](C)(O)C1CCC2(O)C3=CC(O)C4C[C@@H](O)C(O)CC4(C)C3CCC12C. The largest absolute Gasteiger partial charge is 0.441 e. The first-order valence-corrected chi connectivity index (χ1v) is 13.1. The zero-order valence-electron chi connectivity index (χ0n) is 21.5. The quantitative estimate of drug-likeness (QED) is 0.257. The van der Waals surface area contributed by atoms with Gasteiger partial charge in [0.2, 0.25) is 0 Å². The number of hydrogen-bond donors (Lipinski definition) is 6. The lowest BCUT2D eigenvalue weighted by Crippen LogP contribution is -2.63. The molecule has 0 aliphatic heterocycles. The zero-order valence-corrected chi connectivity index (χ0v) is 21.5. The van der Waals surface area contributed by atoms with E-state index in [9.17, 15) is 30.6 Å². The molecule has 9 unspecified atom stereocenters. The molecule has 11 atom stereocenters. The first-order chi connectivity index (χ1) is 15.5. The Kier molecular flexibility index (Phi) is 6.42. The Hall–Kier alpha value is -0.540. The lowest BCUT2D eigenvalue weighted by Gasteiger charge is -2.62. The summed E-state index contributed by atoms with van der Waals surface area (Å²) in [5, 5.41) is 74.6. The number of aliphatic hydroxyl groups is 6. The summed E-state index contributed by atoms with van der Waals surface area (Å²) in [6.07, 6.45) is 2.54. The van der Waals surface area contributed by atoms with Gasteiger partial charge in [-0.15, -0.1) is 0 Å². The highest BCUT2D eigenvalue weighted by Gasteiger charge is 2.69. The van der Waals surface area contributed by atoms with E-state index in [2.05, 4.69) is 6.92 Å². The highest BCUT2D eigenvalue weighted by atomic mass is 16.3. The van der Waals surface area contributed by atoms with E-state index in [-0.39, 0.29) is 17.8 Å². The molecule has 0 amide bonds. The van der Waals surface area contributed by atoms with Crippen molar-refractivity contribution >= 4 is 0 Å². The predicted octanol–water partition coefficient (Wildman–Crippen LogP) is 1.38. The molecule has 0 aromatic rings. The zero-order chi connectivity index (χ0) is 25.5. The Morgan fingerprint density at radius 1 is 1.06 bits per heavy atom. The van der Waals surface area contributed by atoms with Gasteiger partial charge in [0, 0.05) is 17.8 Å². The van der Waals surface area contributed by atoms with Crippen LogP contribution in [0.1, 0.15) is 86.0 Å². The van der Waals surface area contributed by atoms with Gasteiger partial charge in [0.1, 0.15) is 5.60 Å². The van der Waals surface area contributed by atoms with Gasteiger partial charge in [-0.1, -0.05) is 19.9 Å². The Morgan fingerprint density at radius 3 is 2.32 bits per heavy atom. The summed E-state index contributed by atoms with van der Waals surface area (Å²) in [6.45, 7) is 9.24. The summed E-state index contributed by atoms with van der Waals surface area (Å²) in [5.41, 5.74) is -3.68. The minimum absolute atomic E-state index is 0.00758. The number of hydrogen-bond acceptors (Lipinski definition) is 6. The molecule has 4 aliphatic carbocycles. The van der Waals surface area contributed by atoms with E-state index in [4.69, 9.17) is 5.11 Å². The van der Waals surface area contributed by atoms with Crippen molar-refractivity contribution in [3.8, 4) is 0 Å². The topological polar surface area (TPSA) is 144 Å². The molecule has 0 spiro atoms. The first kappa shape index (κ1) is 26.5. The highest BCUT2D eigenvalue weighted by molar-refractivity contribution is 5.37. The average molecular weight is 484 g/mol. The second-order valence-corrected chi connectivity index (χ2v) is 13.4. The molecule has 0 radical (unpaired) electrons. The van der Waals surface area contributed by atoms with Crippen molar-refractivity contribution in [1.29, 1.82) is 0 Å². The van der Waals surface area contributed by atoms with Gasteiger partial charge in [-0.25, -0.2) is 0 Å². The maximum Gasteiger partial charge on any atom is 0.183 e. The van der Waals surface area contributed by atoms with Gasteiger partial charge in [0.25, 0.3) is 0 Å². The van der Waals surface area contributed by atoms with Gasteiger partial charge in [-0.2, -0.15) is 0 Å². The van der Waals surface area contributed by atoms with Gasteiger partial charge in [-0.05, 0) is 88.5 Å². The van der Waals surface area contributed by atoms with Crippen molar-refractivity contribution in [1.82, 2.24) is 0 Å². The molecule has 3 saturated carbocycles. The van der Waals surface area contributed by atoms with Crippen LogP contribution in [0.3, 0.4) is 0 Å². The second kappa shape index (κ2) is 8.23. The molecule has 0 aromatic heterocycles. The van der Waals surface area contributed by atoms with Crippen molar-refractivity contribution in [2.45, 2.75) is 127 Å². The van der Waals surface area contributed by atoms with Crippen molar-refractivity contribution in [2.24, 2.45) is 28.6 Å². The third-order valence-electron chi connectivity index (χ3n) is 10.8. The van der Waals surface area contributed by atoms with Crippen molar-refractivity contribution in [3.63, 3.8) is 0 Å². The minimum atomic E-state index is -1.33. The van der Waals surface area contributed by atoms with Crippen LogP contribution in [0.4, 0.5) is 0 Å². The van der Waals surface area contributed by atoms with Crippen molar-refractivity contribution < 1.29 is 35.7 Å². The summed E-state index contributed by atoms with van der Waals surface area (Å²) in [6, 6.07) is 0. The van der Waals surface area contributed by atoms with Gasteiger partial charge in [0.05, 0.1) is 29.5 Å². The Morgan fingerprint density at radius 2 is 1.71 bits per heavy atom. The fourth-order valence-corrected chi connectivity index (χ4v) is 8.55. The van der Waals surface area contributed by atoms with Crippen LogP contribution in [-0.2, 0) is 0 Å². The van der Waals surface area contributed by atoms with Crippen LogP contribution in [0.5, 0.6) is 0 Å². The molecule has 0 heterocycles. The van der Waals surface area contributed by atoms with Crippen LogP contribution in [0, 0.1) is 28.6 Å². The van der Waals surface area contributed by atoms with Crippen molar-refractivity contribution in [3.05, 3.63) is 11.6 Å². The molecule has 0 aromatic carbocycles.